The highest BCUT2D eigenvalue weighted by atomic mass is 16.7. The Hall–Kier alpha value is -0.810. The van der Waals surface area contributed by atoms with E-state index in [0.29, 0.717) is 12.8 Å². The van der Waals surface area contributed by atoms with Crippen LogP contribution in [0.1, 0.15) is 303 Å². The molecule has 0 aromatic heterocycles. The molecular formula is C57H113NO8. The fraction of sp³-hybridized carbons (Fsp3) is 0.982. The van der Waals surface area contributed by atoms with Gasteiger partial charge in [-0.25, -0.2) is 0 Å². The van der Waals surface area contributed by atoms with Crippen LogP contribution >= 0.6 is 0 Å². The molecule has 0 radical (unpaired) electrons. The Morgan fingerprint density at radius 3 is 1.08 bits per heavy atom. The number of hydrogen-bond donors (Lipinski definition) is 6. The van der Waals surface area contributed by atoms with Crippen molar-refractivity contribution in [3.63, 3.8) is 0 Å². The summed E-state index contributed by atoms with van der Waals surface area (Å²) in [5.41, 5.74) is 0. The van der Waals surface area contributed by atoms with E-state index in [-0.39, 0.29) is 12.5 Å². The first-order valence-electron chi connectivity index (χ1n) is 29.2. The van der Waals surface area contributed by atoms with Gasteiger partial charge in [-0.05, 0) is 12.8 Å². The monoisotopic (exact) mass is 940 g/mol. The smallest absolute Gasteiger partial charge is 0.220 e. The quantitative estimate of drug-likeness (QED) is 0.0330. The number of aliphatic hydroxyl groups is 5. The van der Waals surface area contributed by atoms with Gasteiger partial charge < -0.3 is 40.3 Å². The lowest BCUT2D eigenvalue weighted by Crippen LogP contribution is -2.60. The second-order valence-corrected chi connectivity index (χ2v) is 20.8. The Bertz CT molecular complexity index is 1000. The molecule has 0 saturated carbocycles. The van der Waals surface area contributed by atoms with Gasteiger partial charge in [-0.2, -0.15) is 0 Å². The Morgan fingerprint density at radius 1 is 0.455 bits per heavy atom. The molecule has 0 aromatic carbocycles. The first-order valence-corrected chi connectivity index (χ1v) is 29.2. The van der Waals surface area contributed by atoms with E-state index in [1.807, 2.05) is 0 Å². The van der Waals surface area contributed by atoms with Crippen LogP contribution in [0.3, 0.4) is 0 Å². The second kappa shape index (κ2) is 47.8. The lowest BCUT2D eigenvalue weighted by Gasteiger charge is -2.40. The first-order chi connectivity index (χ1) is 32.3. The number of unbranched alkanes of at least 4 members (excludes halogenated alkanes) is 41. The molecule has 1 rings (SSSR count). The van der Waals surface area contributed by atoms with Crippen LogP contribution < -0.4 is 5.32 Å². The molecule has 1 saturated heterocycles. The number of rotatable bonds is 51. The fourth-order valence-electron chi connectivity index (χ4n) is 9.81. The highest BCUT2D eigenvalue weighted by molar-refractivity contribution is 5.76. The third-order valence-corrected chi connectivity index (χ3v) is 14.5. The van der Waals surface area contributed by atoms with Crippen molar-refractivity contribution in [1.82, 2.24) is 5.32 Å². The maximum absolute atomic E-state index is 13.0. The van der Waals surface area contributed by atoms with Crippen LogP contribution in [0.25, 0.3) is 0 Å². The van der Waals surface area contributed by atoms with Crippen molar-refractivity contribution >= 4 is 5.91 Å². The number of aliphatic hydroxyl groups excluding tert-OH is 5. The van der Waals surface area contributed by atoms with E-state index >= 15 is 0 Å². The summed E-state index contributed by atoms with van der Waals surface area (Å²) in [5.74, 6) is -0.138. The number of hydrogen-bond acceptors (Lipinski definition) is 8. The Morgan fingerprint density at radius 2 is 0.758 bits per heavy atom. The zero-order chi connectivity index (χ0) is 48.0. The number of ether oxygens (including phenoxy) is 2. The number of carbonyl (C=O) groups is 1. The minimum Gasteiger partial charge on any atom is -0.394 e. The summed E-state index contributed by atoms with van der Waals surface area (Å²) in [7, 11) is 0. The average molecular weight is 941 g/mol. The predicted octanol–water partition coefficient (Wildman–Crippen LogP) is 14.2. The molecule has 1 aliphatic heterocycles. The van der Waals surface area contributed by atoms with Gasteiger partial charge in [0.1, 0.15) is 24.4 Å². The summed E-state index contributed by atoms with van der Waals surface area (Å²) in [6, 6.07) is -0.712. The zero-order valence-electron chi connectivity index (χ0n) is 43.7. The van der Waals surface area contributed by atoms with E-state index in [9.17, 15) is 30.3 Å². The van der Waals surface area contributed by atoms with Crippen LogP contribution in [0.15, 0.2) is 0 Å². The van der Waals surface area contributed by atoms with Gasteiger partial charge in [0.05, 0.1) is 25.4 Å². The third-order valence-electron chi connectivity index (χ3n) is 14.5. The highest BCUT2D eigenvalue weighted by Gasteiger charge is 2.44. The summed E-state index contributed by atoms with van der Waals surface area (Å²) >= 11 is 0. The third kappa shape index (κ3) is 37.1. The van der Waals surface area contributed by atoms with Gasteiger partial charge in [0.2, 0.25) is 5.91 Å². The van der Waals surface area contributed by atoms with Crippen molar-refractivity contribution in [2.75, 3.05) is 13.2 Å². The number of nitrogens with one attached hydrogen (secondary N) is 1. The van der Waals surface area contributed by atoms with Crippen LogP contribution in [-0.4, -0.2) is 87.5 Å². The Balaban J connectivity index is 2.05. The SMILES string of the molecule is CCCCCCCCCCCCCCCCCCCCCCCCCCCCCCCCCCC(=O)NC(COC1OC(CO)C(O)C(O)C1O)C(O)CCCCCCCCCCCCC. The summed E-state index contributed by atoms with van der Waals surface area (Å²) in [6.07, 6.45) is 50.2. The van der Waals surface area contributed by atoms with Crippen LogP contribution in [0.4, 0.5) is 0 Å². The molecule has 1 heterocycles. The summed E-state index contributed by atoms with van der Waals surface area (Å²) in [4.78, 5) is 13.0. The Kier molecular flexibility index (Phi) is 45.8. The van der Waals surface area contributed by atoms with Gasteiger partial charge in [-0.1, -0.05) is 284 Å². The van der Waals surface area contributed by atoms with Crippen molar-refractivity contribution in [2.24, 2.45) is 0 Å². The molecule has 66 heavy (non-hydrogen) atoms. The molecule has 0 spiro atoms. The summed E-state index contributed by atoms with van der Waals surface area (Å²) in [5, 5.41) is 54.5. The van der Waals surface area contributed by atoms with E-state index in [1.54, 1.807) is 0 Å². The Labute approximate surface area is 408 Å². The molecule has 1 fully saturated rings. The van der Waals surface area contributed by atoms with Crippen LogP contribution in [0.5, 0.6) is 0 Å². The number of carbonyl (C=O) groups excluding carboxylic acids is 1. The van der Waals surface area contributed by atoms with Crippen LogP contribution in [0.2, 0.25) is 0 Å². The fourth-order valence-corrected chi connectivity index (χ4v) is 9.81. The number of amides is 1. The molecule has 0 bridgehead atoms. The van der Waals surface area contributed by atoms with E-state index in [0.717, 1.165) is 38.5 Å². The van der Waals surface area contributed by atoms with Crippen molar-refractivity contribution < 1.29 is 39.8 Å². The van der Waals surface area contributed by atoms with E-state index in [4.69, 9.17) is 9.47 Å². The summed E-state index contributed by atoms with van der Waals surface area (Å²) < 4.78 is 11.3. The molecule has 6 N–H and O–H groups in total. The standard InChI is InChI=1S/C57H113NO8/c1-3-5-7-9-11-13-15-16-17-18-19-20-21-22-23-24-25-26-27-28-29-30-31-32-33-34-35-37-39-41-43-45-47-53(61)58-50(49-65-57-56(64)55(63)54(62)52(48-59)66-57)51(60)46-44-42-40-38-36-14-12-10-8-6-4-2/h50-52,54-57,59-60,62-64H,3-49H2,1-2H3,(H,58,61). The van der Waals surface area contributed by atoms with Gasteiger partial charge in [-0.15, -0.1) is 0 Å². The molecule has 7 atom stereocenters. The predicted molar refractivity (Wildman–Crippen MR) is 277 cm³/mol. The molecule has 0 aliphatic carbocycles. The van der Waals surface area contributed by atoms with Crippen molar-refractivity contribution in [1.29, 1.82) is 0 Å². The minimum atomic E-state index is -1.55. The van der Waals surface area contributed by atoms with E-state index in [1.165, 1.54) is 238 Å². The molecule has 0 aromatic rings. The molecule has 9 heteroatoms. The molecule has 1 amide bonds. The zero-order valence-corrected chi connectivity index (χ0v) is 43.7. The van der Waals surface area contributed by atoms with Gasteiger partial charge in [0, 0.05) is 6.42 Å². The van der Waals surface area contributed by atoms with Crippen LogP contribution in [-0.2, 0) is 14.3 Å². The van der Waals surface area contributed by atoms with E-state index in [2.05, 4.69) is 19.2 Å². The molecular weight excluding hydrogens is 827 g/mol. The normalized spacial score (nSPS) is 19.7. The van der Waals surface area contributed by atoms with E-state index < -0.39 is 49.5 Å². The molecule has 1 aliphatic rings. The highest BCUT2D eigenvalue weighted by Crippen LogP contribution is 2.23. The largest absolute Gasteiger partial charge is 0.394 e. The molecule has 394 valence electrons. The topological polar surface area (TPSA) is 149 Å². The van der Waals surface area contributed by atoms with Crippen molar-refractivity contribution in [2.45, 2.75) is 346 Å². The van der Waals surface area contributed by atoms with Gasteiger partial charge in [-0.3, -0.25) is 4.79 Å². The molecule has 7 unspecified atom stereocenters. The maximum Gasteiger partial charge on any atom is 0.220 e. The van der Waals surface area contributed by atoms with Gasteiger partial charge >= 0.3 is 0 Å². The van der Waals surface area contributed by atoms with Crippen LogP contribution in [0, 0.1) is 0 Å². The lowest BCUT2D eigenvalue weighted by atomic mass is 9.99. The van der Waals surface area contributed by atoms with Gasteiger partial charge in [0.25, 0.3) is 0 Å². The molecule has 9 nitrogen and oxygen atoms in total. The average Bonchev–Trinajstić information content (AvgIpc) is 3.32. The lowest BCUT2D eigenvalue weighted by molar-refractivity contribution is -0.302. The van der Waals surface area contributed by atoms with Gasteiger partial charge in [0.15, 0.2) is 6.29 Å². The first kappa shape index (κ1) is 63.2. The minimum absolute atomic E-state index is 0.132. The van der Waals surface area contributed by atoms with Crippen molar-refractivity contribution in [3.8, 4) is 0 Å². The second-order valence-electron chi connectivity index (χ2n) is 20.8. The van der Waals surface area contributed by atoms with Crippen molar-refractivity contribution in [3.05, 3.63) is 0 Å². The maximum atomic E-state index is 13.0. The summed E-state index contributed by atoms with van der Waals surface area (Å²) in [6.45, 7) is 3.86.